The molecule has 0 aromatic rings. The minimum atomic E-state index is -0.148. The molecule has 0 aromatic heterocycles. The molecule has 3 saturated heterocycles. The number of piperidine rings is 3. The zero-order valence-electron chi connectivity index (χ0n) is 14.2. The van der Waals surface area contributed by atoms with E-state index in [-0.39, 0.29) is 17.5 Å². The summed E-state index contributed by atoms with van der Waals surface area (Å²) in [5, 5.41) is 0. The molecule has 0 N–H and O–H groups in total. The quantitative estimate of drug-likeness (QED) is 0.572. The van der Waals surface area contributed by atoms with Crippen LogP contribution < -0.4 is 0 Å². The minimum absolute atomic E-state index is 0.121. The van der Waals surface area contributed by atoms with Crippen LogP contribution in [0.3, 0.4) is 0 Å². The van der Waals surface area contributed by atoms with Gasteiger partial charge in [0.05, 0.1) is 5.41 Å². The molecule has 4 fully saturated rings. The number of fused-ring (bicyclic) bond motifs is 3. The third-order valence-electron chi connectivity index (χ3n) is 6.34. The molecule has 0 aromatic carbocycles. The summed E-state index contributed by atoms with van der Waals surface area (Å²) in [5.41, 5.74) is -0.148. The molecule has 3 atom stereocenters. The highest BCUT2D eigenvalue weighted by molar-refractivity contribution is 5.77. The Labute approximate surface area is 135 Å². The van der Waals surface area contributed by atoms with E-state index in [1.165, 1.54) is 6.42 Å². The normalized spacial score (nSPS) is 41.2. The Bertz CT molecular complexity index is 409. The first-order chi connectivity index (χ1) is 10.6. The topological polar surface area (TPSA) is 29.5 Å². The van der Waals surface area contributed by atoms with Crippen molar-refractivity contribution in [2.45, 2.75) is 64.9 Å². The van der Waals surface area contributed by atoms with E-state index in [1.54, 1.807) is 0 Å². The molecule has 3 aliphatic heterocycles. The zero-order valence-corrected chi connectivity index (χ0v) is 14.2. The summed E-state index contributed by atoms with van der Waals surface area (Å²) < 4.78 is 6.09. The molecule has 0 radical (unpaired) electrons. The lowest BCUT2D eigenvalue weighted by atomic mass is 9.72. The molecule has 22 heavy (non-hydrogen) atoms. The predicted molar refractivity (Wildman–Crippen MR) is 88.5 cm³/mol. The number of esters is 1. The maximum absolute atomic E-state index is 12.9. The van der Waals surface area contributed by atoms with Gasteiger partial charge in [-0.3, -0.25) is 4.79 Å². The molecule has 0 amide bonds. The summed E-state index contributed by atoms with van der Waals surface area (Å²) in [6.45, 7) is 7.73. The van der Waals surface area contributed by atoms with E-state index in [4.69, 9.17) is 4.74 Å². The maximum atomic E-state index is 12.9. The van der Waals surface area contributed by atoms with Crippen LogP contribution in [0.1, 0.15) is 58.8 Å². The molecule has 3 nitrogen and oxygen atoms in total. The van der Waals surface area contributed by atoms with E-state index in [0.29, 0.717) is 11.8 Å². The van der Waals surface area contributed by atoms with Crippen molar-refractivity contribution >= 4 is 5.97 Å². The van der Waals surface area contributed by atoms with Gasteiger partial charge >= 0.3 is 5.97 Å². The molecule has 1 aliphatic carbocycles. The van der Waals surface area contributed by atoms with Crippen molar-refractivity contribution in [1.29, 1.82) is 0 Å². The van der Waals surface area contributed by atoms with Crippen LogP contribution in [0.4, 0.5) is 0 Å². The first-order valence-electron chi connectivity index (χ1n) is 9.23. The van der Waals surface area contributed by atoms with Crippen LogP contribution in [-0.4, -0.2) is 36.6 Å². The molecule has 4 aliphatic rings. The van der Waals surface area contributed by atoms with Crippen LogP contribution in [0.2, 0.25) is 0 Å². The third-order valence-corrected chi connectivity index (χ3v) is 6.34. The fraction of sp³-hybridized carbons (Fsp3) is 0.842. The van der Waals surface area contributed by atoms with Gasteiger partial charge in [-0.15, -0.1) is 0 Å². The van der Waals surface area contributed by atoms with Gasteiger partial charge in [0, 0.05) is 5.92 Å². The van der Waals surface area contributed by atoms with E-state index in [9.17, 15) is 4.79 Å². The molecule has 1 saturated carbocycles. The zero-order chi connectivity index (χ0) is 15.6. The van der Waals surface area contributed by atoms with Crippen LogP contribution >= 0.6 is 0 Å². The first-order valence-corrected chi connectivity index (χ1v) is 9.23. The van der Waals surface area contributed by atoms with Crippen molar-refractivity contribution in [2.75, 3.05) is 19.6 Å². The Morgan fingerprint density at radius 1 is 1.18 bits per heavy atom. The third kappa shape index (κ3) is 3.10. The van der Waals surface area contributed by atoms with Gasteiger partial charge < -0.3 is 9.64 Å². The van der Waals surface area contributed by atoms with Crippen LogP contribution in [-0.2, 0) is 9.53 Å². The van der Waals surface area contributed by atoms with E-state index in [2.05, 4.69) is 30.9 Å². The van der Waals surface area contributed by atoms with E-state index >= 15 is 0 Å². The van der Waals surface area contributed by atoms with Gasteiger partial charge in [-0.1, -0.05) is 26.0 Å². The molecule has 4 rings (SSSR count). The number of carbonyl (C=O) groups is 1. The fourth-order valence-corrected chi connectivity index (χ4v) is 4.57. The van der Waals surface area contributed by atoms with E-state index < -0.39 is 0 Å². The van der Waals surface area contributed by atoms with E-state index in [1.807, 2.05) is 0 Å². The molecule has 3 heterocycles. The van der Waals surface area contributed by atoms with Crippen molar-refractivity contribution in [3.05, 3.63) is 12.2 Å². The van der Waals surface area contributed by atoms with Crippen molar-refractivity contribution in [1.82, 2.24) is 4.90 Å². The minimum Gasteiger partial charge on any atom is -0.462 e. The second kappa shape index (κ2) is 6.74. The second-order valence-electron chi connectivity index (χ2n) is 7.65. The van der Waals surface area contributed by atoms with Gasteiger partial charge in [0.1, 0.15) is 6.10 Å². The summed E-state index contributed by atoms with van der Waals surface area (Å²) in [7, 11) is 0. The largest absolute Gasteiger partial charge is 0.462 e. The number of hydrogen-bond donors (Lipinski definition) is 0. The molecule has 2 bridgehead atoms. The number of allylic oxidation sites excluding steroid dienone is 2. The van der Waals surface area contributed by atoms with Gasteiger partial charge in [0.25, 0.3) is 0 Å². The average molecular weight is 305 g/mol. The van der Waals surface area contributed by atoms with Gasteiger partial charge in [-0.25, -0.2) is 0 Å². The lowest BCUT2D eigenvalue weighted by Gasteiger charge is -2.46. The van der Waals surface area contributed by atoms with Gasteiger partial charge in [-0.2, -0.15) is 0 Å². The summed E-state index contributed by atoms with van der Waals surface area (Å²) in [6, 6.07) is 0. The molecular formula is C19H31NO2. The summed E-state index contributed by atoms with van der Waals surface area (Å²) >= 11 is 0. The van der Waals surface area contributed by atoms with Crippen LogP contribution in [0.15, 0.2) is 12.2 Å². The second-order valence-corrected chi connectivity index (χ2v) is 7.65. The Morgan fingerprint density at radius 3 is 2.50 bits per heavy atom. The van der Waals surface area contributed by atoms with Gasteiger partial charge in [0.15, 0.2) is 0 Å². The van der Waals surface area contributed by atoms with Gasteiger partial charge in [-0.05, 0) is 70.5 Å². The highest BCUT2D eigenvalue weighted by atomic mass is 16.5. The maximum Gasteiger partial charge on any atom is 0.312 e. The molecule has 0 spiro atoms. The average Bonchev–Trinajstić information content (AvgIpc) is 2.90. The highest BCUT2D eigenvalue weighted by Gasteiger charge is 2.48. The monoisotopic (exact) mass is 305 g/mol. The molecule has 3 heteroatoms. The van der Waals surface area contributed by atoms with Crippen molar-refractivity contribution in [2.24, 2.45) is 17.3 Å². The van der Waals surface area contributed by atoms with E-state index in [0.717, 1.165) is 58.2 Å². The number of rotatable bonds is 5. The number of nitrogens with zero attached hydrogens (tertiary/aromatic N) is 1. The Hall–Kier alpha value is -0.830. The van der Waals surface area contributed by atoms with Gasteiger partial charge in [0.2, 0.25) is 0 Å². The lowest BCUT2D eigenvalue weighted by molar-refractivity contribution is -0.171. The molecule has 124 valence electrons. The Balaban J connectivity index is 1.61. The molecular weight excluding hydrogens is 274 g/mol. The standard InChI is InChI=1S/C19H31NO2/c1-3-4-5-6-16-15(2)7-8-17(16)22-18(21)19-9-12-20(13-10-19)14-11-19/h4-5,15-17H,3,6-14H2,1-2H3/b5-4-. The van der Waals surface area contributed by atoms with Crippen molar-refractivity contribution in [3.8, 4) is 0 Å². The first kappa shape index (κ1) is 16.0. The number of hydrogen-bond acceptors (Lipinski definition) is 3. The summed E-state index contributed by atoms with van der Waals surface area (Å²) in [6.07, 6.45) is 12.1. The Morgan fingerprint density at radius 2 is 1.86 bits per heavy atom. The van der Waals surface area contributed by atoms with Crippen LogP contribution in [0, 0.1) is 17.3 Å². The van der Waals surface area contributed by atoms with Crippen molar-refractivity contribution in [3.63, 3.8) is 0 Å². The number of carbonyl (C=O) groups excluding carboxylic acids is 1. The number of ether oxygens (including phenoxy) is 1. The lowest BCUT2D eigenvalue weighted by Crippen LogP contribution is -2.52. The van der Waals surface area contributed by atoms with Crippen LogP contribution in [0.25, 0.3) is 0 Å². The highest BCUT2D eigenvalue weighted by Crippen LogP contribution is 2.43. The summed E-state index contributed by atoms with van der Waals surface area (Å²) in [4.78, 5) is 15.3. The fourth-order valence-electron chi connectivity index (χ4n) is 4.57. The van der Waals surface area contributed by atoms with Crippen molar-refractivity contribution < 1.29 is 9.53 Å². The summed E-state index contributed by atoms with van der Waals surface area (Å²) in [5.74, 6) is 1.31. The SMILES string of the molecule is CC/C=C\CC1C(C)CCC1OC(=O)C12CCN(CC1)CC2. The molecule has 3 unspecified atom stereocenters. The van der Waals surface area contributed by atoms with Crippen LogP contribution in [0.5, 0.6) is 0 Å². The predicted octanol–water partition coefficient (Wildman–Crippen LogP) is 3.79. The smallest absolute Gasteiger partial charge is 0.312 e. The Kier molecular flexibility index (Phi) is 4.91.